The first-order valence-corrected chi connectivity index (χ1v) is 11.3. The lowest BCUT2D eigenvalue weighted by Gasteiger charge is -2.36. The molecule has 2 amide bonds. The lowest BCUT2D eigenvalue weighted by molar-refractivity contribution is -0.133. The van der Waals surface area contributed by atoms with Crippen LogP contribution in [-0.4, -0.2) is 78.0 Å². The predicted octanol–water partition coefficient (Wildman–Crippen LogP) is 1.69. The number of aromatic nitrogens is 2. The number of ether oxygens (including phenoxy) is 1. The average Bonchev–Trinajstić information content (AvgIpc) is 2.82. The molecule has 1 aromatic carbocycles. The average molecular weight is 430 g/mol. The van der Waals surface area contributed by atoms with E-state index in [1.54, 1.807) is 61.6 Å². The highest BCUT2D eigenvalue weighted by Crippen LogP contribution is 2.14. The number of amides is 2. The van der Waals surface area contributed by atoms with Crippen LogP contribution in [0.3, 0.4) is 0 Å². The number of carbonyl (C=O) groups excluding carboxylic acids is 2. The van der Waals surface area contributed by atoms with Gasteiger partial charge in [-0.25, -0.2) is 9.97 Å². The highest BCUT2D eigenvalue weighted by molar-refractivity contribution is 7.98. The third-order valence-electron chi connectivity index (χ3n) is 4.99. The molecule has 1 aliphatic rings. The second-order valence-corrected chi connectivity index (χ2v) is 7.88. The molecule has 1 aliphatic heterocycles. The van der Waals surface area contributed by atoms with Crippen LogP contribution in [0, 0.1) is 0 Å². The Kier molecular flexibility index (Phi) is 7.89. The summed E-state index contributed by atoms with van der Waals surface area (Å²) in [5, 5.41) is 2.92. The minimum absolute atomic E-state index is 0.0421. The van der Waals surface area contributed by atoms with E-state index in [0.29, 0.717) is 49.9 Å². The molecule has 2 aromatic rings. The second kappa shape index (κ2) is 10.8. The van der Waals surface area contributed by atoms with E-state index >= 15 is 0 Å². The van der Waals surface area contributed by atoms with Gasteiger partial charge in [0.05, 0.1) is 7.11 Å². The van der Waals surface area contributed by atoms with Gasteiger partial charge in [-0.1, -0.05) is 0 Å². The third kappa shape index (κ3) is 5.63. The fraction of sp³-hybridized carbons (Fsp3) is 0.429. The number of anilines is 1. The Balaban J connectivity index is 1.61. The number of rotatable bonds is 8. The van der Waals surface area contributed by atoms with E-state index in [1.807, 2.05) is 11.2 Å². The summed E-state index contributed by atoms with van der Waals surface area (Å²) < 4.78 is 5.13. The molecular weight excluding hydrogens is 402 g/mol. The Morgan fingerprint density at radius 3 is 2.40 bits per heavy atom. The molecule has 0 spiro atoms. The van der Waals surface area contributed by atoms with E-state index in [2.05, 4.69) is 20.2 Å². The summed E-state index contributed by atoms with van der Waals surface area (Å²) in [6.07, 6.45) is 6.01. The first-order valence-electron chi connectivity index (χ1n) is 9.87. The lowest BCUT2D eigenvalue weighted by atomic mass is 10.1. The van der Waals surface area contributed by atoms with Gasteiger partial charge in [-0.15, -0.1) is 0 Å². The van der Waals surface area contributed by atoms with Crippen molar-refractivity contribution in [2.24, 2.45) is 0 Å². The molecule has 3 rings (SSSR count). The highest BCUT2D eigenvalue weighted by atomic mass is 32.2. The number of piperazine rings is 1. The van der Waals surface area contributed by atoms with Crippen molar-refractivity contribution in [2.75, 3.05) is 50.2 Å². The molecule has 30 heavy (non-hydrogen) atoms. The summed E-state index contributed by atoms with van der Waals surface area (Å²) in [4.78, 5) is 38.3. The van der Waals surface area contributed by atoms with E-state index in [-0.39, 0.29) is 11.8 Å². The summed E-state index contributed by atoms with van der Waals surface area (Å²) in [7, 11) is 1.58. The molecule has 0 radical (unpaired) electrons. The van der Waals surface area contributed by atoms with E-state index in [4.69, 9.17) is 4.74 Å². The normalized spacial score (nSPS) is 14.9. The number of carbonyl (C=O) groups is 2. The maximum Gasteiger partial charge on any atom is 0.251 e. The van der Waals surface area contributed by atoms with E-state index in [9.17, 15) is 9.59 Å². The molecule has 1 saturated heterocycles. The van der Waals surface area contributed by atoms with Gasteiger partial charge in [0, 0.05) is 44.1 Å². The topological polar surface area (TPSA) is 87.7 Å². The van der Waals surface area contributed by atoms with Gasteiger partial charge in [-0.2, -0.15) is 11.8 Å². The zero-order valence-electron chi connectivity index (χ0n) is 17.3. The molecule has 0 aliphatic carbocycles. The molecule has 2 heterocycles. The Labute approximate surface area is 181 Å². The van der Waals surface area contributed by atoms with Gasteiger partial charge in [0.15, 0.2) is 0 Å². The molecule has 9 heteroatoms. The number of benzene rings is 1. The van der Waals surface area contributed by atoms with Gasteiger partial charge in [-0.3, -0.25) is 9.59 Å². The molecule has 1 fully saturated rings. The Morgan fingerprint density at radius 2 is 1.80 bits per heavy atom. The molecule has 160 valence electrons. The van der Waals surface area contributed by atoms with Crippen molar-refractivity contribution in [2.45, 2.75) is 12.5 Å². The van der Waals surface area contributed by atoms with Crippen LogP contribution >= 0.6 is 11.8 Å². The molecule has 0 saturated carbocycles. The first kappa shape index (κ1) is 21.9. The van der Waals surface area contributed by atoms with Gasteiger partial charge in [0.1, 0.15) is 11.8 Å². The number of thioether (sulfide) groups is 1. The summed E-state index contributed by atoms with van der Waals surface area (Å²) >= 11 is 1.66. The monoisotopic (exact) mass is 429 g/mol. The largest absolute Gasteiger partial charge is 0.497 e. The minimum atomic E-state index is -0.549. The molecule has 1 atom stereocenters. The van der Waals surface area contributed by atoms with Gasteiger partial charge >= 0.3 is 0 Å². The van der Waals surface area contributed by atoms with Gasteiger partial charge in [0.25, 0.3) is 5.91 Å². The van der Waals surface area contributed by atoms with Crippen molar-refractivity contribution >= 4 is 29.5 Å². The number of hydrogen-bond donors (Lipinski definition) is 1. The maximum absolute atomic E-state index is 13.1. The number of nitrogens with zero attached hydrogens (tertiary/aromatic N) is 4. The van der Waals surface area contributed by atoms with Crippen LogP contribution in [-0.2, 0) is 4.79 Å². The van der Waals surface area contributed by atoms with Gasteiger partial charge in [0.2, 0.25) is 11.9 Å². The Bertz CT molecular complexity index is 826. The number of hydrogen-bond acceptors (Lipinski definition) is 7. The zero-order valence-corrected chi connectivity index (χ0v) is 18.1. The number of methoxy groups -OCH3 is 1. The molecule has 1 aromatic heterocycles. The zero-order chi connectivity index (χ0) is 21.3. The standard InChI is InChI=1S/C21H27N5O3S/c1-29-17-6-4-16(5-7-17)19(27)24-18(8-15-30-2)20(28)25-11-13-26(14-12-25)21-22-9-3-10-23-21/h3-7,9-10,18H,8,11-15H2,1-2H3,(H,24,27)/t18-/m1/s1. The van der Waals surface area contributed by atoms with Crippen LogP contribution in [0.15, 0.2) is 42.7 Å². The van der Waals surface area contributed by atoms with Crippen molar-refractivity contribution in [3.05, 3.63) is 48.3 Å². The van der Waals surface area contributed by atoms with Crippen LogP contribution in [0.25, 0.3) is 0 Å². The molecular formula is C21H27N5O3S. The van der Waals surface area contributed by atoms with Crippen LogP contribution < -0.4 is 15.0 Å². The highest BCUT2D eigenvalue weighted by Gasteiger charge is 2.29. The molecule has 0 bridgehead atoms. The smallest absolute Gasteiger partial charge is 0.251 e. The summed E-state index contributed by atoms with van der Waals surface area (Å²) in [5.41, 5.74) is 0.504. The van der Waals surface area contributed by atoms with Crippen LogP contribution in [0.5, 0.6) is 5.75 Å². The predicted molar refractivity (Wildman–Crippen MR) is 118 cm³/mol. The van der Waals surface area contributed by atoms with Crippen molar-refractivity contribution < 1.29 is 14.3 Å². The maximum atomic E-state index is 13.1. The van der Waals surface area contributed by atoms with Crippen molar-refractivity contribution in [1.29, 1.82) is 0 Å². The van der Waals surface area contributed by atoms with Gasteiger partial charge in [-0.05, 0) is 48.8 Å². The minimum Gasteiger partial charge on any atom is -0.497 e. The van der Waals surface area contributed by atoms with E-state index in [0.717, 1.165) is 5.75 Å². The fourth-order valence-corrected chi connectivity index (χ4v) is 3.75. The first-order chi connectivity index (χ1) is 14.6. The number of nitrogens with one attached hydrogen (secondary N) is 1. The van der Waals surface area contributed by atoms with Gasteiger partial charge < -0.3 is 19.9 Å². The molecule has 8 nitrogen and oxygen atoms in total. The van der Waals surface area contributed by atoms with Crippen molar-refractivity contribution in [1.82, 2.24) is 20.2 Å². The lowest BCUT2D eigenvalue weighted by Crippen LogP contribution is -2.55. The fourth-order valence-electron chi connectivity index (χ4n) is 3.28. The second-order valence-electron chi connectivity index (χ2n) is 6.90. The Hall–Kier alpha value is -2.81. The summed E-state index contributed by atoms with van der Waals surface area (Å²) in [5.74, 6) is 1.85. The van der Waals surface area contributed by atoms with Crippen molar-refractivity contribution in [3.63, 3.8) is 0 Å². The molecule has 1 N–H and O–H groups in total. The summed E-state index contributed by atoms with van der Waals surface area (Å²) in [6, 6.07) is 8.10. The Morgan fingerprint density at radius 1 is 1.13 bits per heavy atom. The van der Waals surface area contributed by atoms with Crippen LogP contribution in [0.4, 0.5) is 5.95 Å². The SMILES string of the molecule is COc1ccc(C(=O)N[C@H](CCSC)C(=O)N2CCN(c3ncccn3)CC2)cc1. The quantitative estimate of drug-likeness (QED) is 0.683. The van der Waals surface area contributed by atoms with Crippen molar-refractivity contribution in [3.8, 4) is 5.75 Å². The van der Waals surface area contributed by atoms with Crippen LogP contribution in [0.1, 0.15) is 16.8 Å². The van der Waals surface area contributed by atoms with E-state index < -0.39 is 6.04 Å². The van der Waals surface area contributed by atoms with E-state index in [1.165, 1.54) is 0 Å². The van der Waals surface area contributed by atoms with Crippen LogP contribution in [0.2, 0.25) is 0 Å². The summed E-state index contributed by atoms with van der Waals surface area (Å²) in [6.45, 7) is 2.48. The third-order valence-corrected chi connectivity index (χ3v) is 5.64. The molecule has 0 unspecified atom stereocenters.